The van der Waals surface area contributed by atoms with Gasteiger partial charge in [-0.25, -0.2) is 19.3 Å². The number of ketones is 1. The Bertz CT molecular complexity index is 1710. The molecule has 0 N–H and O–H groups in total. The van der Waals surface area contributed by atoms with Crippen LogP contribution in [0.25, 0.3) is 21.2 Å². The van der Waals surface area contributed by atoms with Gasteiger partial charge in [-0.1, -0.05) is 30.3 Å². The highest BCUT2D eigenvalue weighted by Crippen LogP contribution is 2.34. The zero-order valence-electron chi connectivity index (χ0n) is 22.6. The van der Waals surface area contributed by atoms with E-state index >= 15 is 0 Å². The monoisotopic (exact) mass is 565 g/mol. The lowest BCUT2D eigenvalue weighted by molar-refractivity contribution is -0.130. The highest BCUT2D eigenvalue weighted by Gasteiger charge is 2.23. The van der Waals surface area contributed by atoms with Crippen LogP contribution in [-0.2, 0) is 17.6 Å². The highest BCUT2D eigenvalue weighted by molar-refractivity contribution is 7.21. The first-order chi connectivity index (χ1) is 20.0. The average molecular weight is 566 g/mol. The van der Waals surface area contributed by atoms with Crippen LogP contribution in [0.15, 0.2) is 79.5 Å². The average Bonchev–Trinajstić information content (AvgIpc) is 3.35. The molecule has 4 heterocycles. The first-order valence-corrected chi connectivity index (χ1v) is 14.3. The maximum atomic E-state index is 13.9. The summed E-state index contributed by atoms with van der Waals surface area (Å²) in [6.45, 7) is 4.40. The Morgan fingerprint density at radius 2 is 1.68 bits per heavy atom. The number of piperazine rings is 1. The van der Waals surface area contributed by atoms with Gasteiger partial charge in [0.25, 0.3) is 0 Å². The van der Waals surface area contributed by atoms with Gasteiger partial charge >= 0.3 is 0 Å². The van der Waals surface area contributed by atoms with Crippen molar-refractivity contribution in [2.24, 2.45) is 0 Å². The number of nitrogens with zero attached hydrogens (tertiary/aromatic N) is 5. The lowest BCUT2D eigenvalue weighted by Gasteiger charge is -2.35. The van der Waals surface area contributed by atoms with Gasteiger partial charge in [0.15, 0.2) is 5.78 Å². The molecule has 206 valence electrons. The Hall–Kier alpha value is -4.50. The van der Waals surface area contributed by atoms with E-state index in [1.807, 2.05) is 25.1 Å². The Kier molecular flexibility index (Phi) is 7.52. The summed E-state index contributed by atoms with van der Waals surface area (Å²) >= 11 is 1.52. The van der Waals surface area contributed by atoms with Crippen LogP contribution in [0.4, 0.5) is 10.2 Å². The summed E-state index contributed by atoms with van der Waals surface area (Å²) in [5.41, 5.74) is 4.23. The van der Waals surface area contributed by atoms with Crippen LogP contribution in [0, 0.1) is 12.7 Å². The SMILES string of the molecule is Cc1c(C(=O)Cc2ccc(N3CCN(C(=O)Cc4ccccc4F)CC3)nc2)sc2ccc(-c3cncnc3)cc12. The lowest BCUT2D eigenvalue weighted by atomic mass is 10.0. The second-order valence-corrected chi connectivity index (χ2v) is 11.2. The molecule has 9 heteroatoms. The number of Topliss-reactive ketones (excluding diaryl/α,β-unsaturated/α-hetero) is 1. The molecule has 5 aromatic rings. The number of hydrogen-bond acceptors (Lipinski definition) is 7. The minimum absolute atomic E-state index is 0.0655. The molecule has 0 radical (unpaired) electrons. The molecule has 2 aromatic carbocycles. The Morgan fingerprint density at radius 3 is 2.41 bits per heavy atom. The molecule has 0 atom stereocenters. The van der Waals surface area contributed by atoms with Crippen LogP contribution in [0.3, 0.4) is 0 Å². The van der Waals surface area contributed by atoms with Gasteiger partial charge in [-0.05, 0) is 58.8 Å². The molecule has 0 spiro atoms. The van der Waals surface area contributed by atoms with E-state index < -0.39 is 0 Å². The van der Waals surface area contributed by atoms with E-state index in [0.717, 1.165) is 43.0 Å². The van der Waals surface area contributed by atoms with Crippen molar-refractivity contribution in [1.82, 2.24) is 19.9 Å². The van der Waals surface area contributed by atoms with Crippen molar-refractivity contribution in [3.05, 3.63) is 107 Å². The van der Waals surface area contributed by atoms with E-state index in [1.54, 1.807) is 41.7 Å². The fraction of sp³-hybridized carbons (Fsp3) is 0.219. The van der Waals surface area contributed by atoms with Crippen LogP contribution < -0.4 is 4.90 Å². The molecule has 3 aromatic heterocycles. The fourth-order valence-electron chi connectivity index (χ4n) is 5.19. The number of hydrogen-bond donors (Lipinski definition) is 0. The van der Waals surface area contributed by atoms with E-state index in [4.69, 9.17) is 0 Å². The number of rotatable bonds is 7. The molecule has 7 nitrogen and oxygen atoms in total. The van der Waals surface area contributed by atoms with Gasteiger partial charge < -0.3 is 9.80 Å². The summed E-state index contributed by atoms with van der Waals surface area (Å²) in [6, 6.07) is 16.5. The van der Waals surface area contributed by atoms with Crippen molar-refractivity contribution < 1.29 is 14.0 Å². The summed E-state index contributed by atoms with van der Waals surface area (Å²) < 4.78 is 15.0. The fourth-order valence-corrected chi connectivity index (χ4v) is 6.32. The molecule has 0 aliphatic carbocycles. The third kappa shape index (κ3) is 5.71. The predicted molar refractivity (Wildman–Crippen MR) is 159 cm³/mol. The zero-order chi connectivity index (χ0) is 28.3. The number of anilines is 1. The second kappa shape index (κ2) is 11.5. The van der Waals surface area contributed by atoms with Gasteiger partial charge in [-0.15, -0.1) is 11.3 Å². The molecule has 6 rings (SSSR count). The minimum atomic E-state index is -0.350. The summed E-state index contributed by atoms with van der Waals surface area (Å²) in [5.74, 6) is 0.471. The van der Waals surface area contributed by atoms with Crippen LogP contribution in [0.1, 0.15) is 26.4 Å². The summed E-state index contributed by atoms with van der Waals surface area (Å²) in [5, 5.41) is 1.07. The maximum Gasteiger partial charge on any atom is 0.227 e. The van der Waals surface area contributed by atoms with Crippen LogP contribution >= 0.6 is 11.3 Å². The van der Waals surface area contributed by atoms with Crippen molar-refractivity contribution in [3.8, 4) is 11.1 Å². The van der Waals surface area contributed by atoms with E-state index in [-0.39, 0.29) is 30.3 Å². The summed E-state index contributed by atoms with van der Waals surface area (Å²) in [7, 11) is 0. The van der Waals surface area contributed by atoms with Crippen molar-refractivity contribution in [2.45, 2.75) is 19.8 Å². The van der Waals surface area contributed by atoms with E-state index in [1.165, 1.54) is 23.7 Å². The van der Waals surface area contributed by atoms with Gasteiger partial charge in [0.2, 0.25) is 5.91 Å². The molecule has 1 fully saturated rings. The largest absolute Gasteiger partial charge is 0.353 e. The number of halogens is 1. The Balaban J connectivity index is 1.07. The van der Waals surface area contributed by atoms with Crippen molar-refractivity contribution in [3.63, 3.8) is 0 Å². The van der Waals surface area contributed by atoms with Crippen molar-refractivity contribution in [2.75, 3.05) is 31.1 Å². The first kappa shape index (κ1) is 26.7. The standard InChI is InChI=1S/C32H28FN5O2S/c1-21-26-15-23(25-18-34-20-35-19-25)7-8-29(26)41-32(21)28(39)14-22-6-9-30(36-17-22)37-10-12-38(13-11-37)31(40)16-24-4-2-3-5-27(24)33/h2-9,15,17-20H,10-14,16H2,1H3. The van der Waals surface area contributed by atoms with E-state index in [0.29, 0.717) is 31.7 Å². The second-order valence-electron chi connectivity index (χ2n) is 10.2. The molecule has 0 saturated carbocycles. The smallest absolute Gasteiger partial charge is 0.227 e. The number of amides is 1. The number of thiophene rings is 1. The topological polar surface area (TPSA) is 79.3 Å². The quantitative estimate of drug-likeness (QED) is 0.242. The van der Waals surface area contributed by atoms with Gasteiger partial charge in [0, 0.05) is 61.5 Å². The predicted octanol–water partition coefficient (Wildman–Crippen LogP) is 5.52. The number of pyridine rings is 1. The molecule has 0 unspecified atom stereocenters. The van der Waals surface area contributed by atoms with Gasteiger partial charge in [0.05, 0.1) is 11.3 Å². The number of aromatic nitrogens is 3. The van der Waals surface area contributed by atoms with Crippen LogP contribution in [-0.4, -0.2) is 57.7 Å². The van der Waals surface area contributed by atoms with Gasteiger partial charge in [0.1, 0.15) is 18.0 Å². The number of fused-ring (bicyclic) bond motifs is 1. The molecule has 0 bridgehead atoms. The third-order valence-electron chi connectivity index (χ3n) is 7.51. The highest BCUT2D eigenvalue weighted by atomic mass is 32.1. The number of carbonyl (C=O) groups excluding carboxylic acids is 2. The normalized spacial score (nSPS) is 13.5. The molecular weight excluding hydrogens is 537 g/mol. The first-order valence-electron chi connectivity index (χ1n) is 13.5. The number of benzene rings is 2. The lowest BCUT2D eigenvalue weighted by Crippen LogP contribution is -2.49. The number of aryl methyl sites for hydroxylation is 1. The van der Waals surface area contributed by atoms with Crippen LogP contribution in [0.2, 0.25) is 0 Å². The Labute approximate surface area is 241 Å². The van der Waals surface area contributed by atoms with E-state index in [2.05, 4.69) is 32.0 Å². The maximum absolute atomic E-state index is 13.9. The van der Waals surface area contributed by atoms with Crippen LogP contribution in [0.5, 0.6) is 0 Å². The minimum Gasteiger partial charge on any atom is -0.353 e. The molecule has 1 amide bonds. The summed E-state index contributed by atoms with van der Waals surface area (Å²) in [6.07, 6.45) is 7.18. The molecule has 1 saturated heterocycles. The summed E-state index contributed by atoms with van der Waals surface area (Å²) in [4.78, 5) is 43.5. The number of carbonyl (C=O) groups is 2. The zero-order valence-corrected chi connectivity index (χ0v) is 23.4. The Morgan fingerprint density at radius 1 is 0.902 bits per heavy atom. The van der Waals surface area contributed by atoms with Crippen molar-refractivity contribution >= 4 is 38.9 Å². The van der Waals surface area contributed by atoms with Gasteiger partial charge in [-0.3, -0.25) is 9.59 Å². The third-order valence-corrected chi connectivity index (χ3v) is 8.83. The van der Waals surface area contributed by atoms with Gasteiger partial charge in [-0.2, -0.15) is 0 Å². The molecule has 1 aliphatic rings. The molecule has 41 heavy (non-hydrogen) atoms. The molecule has 1 aliphatic heterocycles. The van der Waals surface area contributed by atoms with E-state index in [9.17, 15) is 14.0 Å². The van der Waals surface area contributed by atoms with Crippen molar-refractivity contribution in [1.29, 1.82) is 0 Å². The molecular formula is C32H28FN5O2S.